The van der Waals surface area contributed by atoms with Crippen LogP contribution < -0.4 is 0 Å². The summed E-state index contributed by atoms with van der Waals surface area (Å²) in [7, 11) is 0. The van der Waals surface area contributed by atoms with Gasteiger partial charge in [0.05, 0.1) is 10.5 Å². The van der Waals surface area contributed by atoms with Crippen LogP contribution in [0.1, 0.15) is 11.3 Å². The van der Waals surface area contributed by atoms with Gasteiger partial charge in [-0.2, -0.15) is 5.10 Å². The molecule has 0 fully saturated rings. The summed E-state index contributed by atoms with van der Waals surface area (Å²) in [4.78, 5) is 0. The van der Waals surface area contributed by atoms with Crippen molar-refractivity contribution in [3.8, 4) is 0 Å². The van der Waals surface area contributed by atoms with Crippen LogP contribution in [0.15, 0.2) is 10.5 Å². The highest BCUT2D eigenvalue weighted by atomic mass is 79.9. The smallest absolute Gasteiger partial charge is 0.0950 e. The highest BCUT2D eigenvalue weighted by Crippen LogP contribution is 2.33. The topological polar surface area (TPSA) is 28.7 Å². The number of benzene rings is 1. The normalized spacial score (nSPS) is 11.1. The number of aromatic nitrogens is 2. The Balaban J connectivity index is 2.97. The molecule has 2 aromatic rings. The van der Waals surface area contributed by atoms with Crippen molar-refractivity contribution in [3.63, 3.8) is 0 Å². The van der Waals surface area contributed by atoms with Gasteiger partial charge in [0.1, 0.15) is 0 Å². The van der Waals surface area contributed by atoms with Crippen LogP contribution in [0.4, 0.5) is 0 Å². The molecule has 1 aromatic heterocycles. The van der Waals surface area contributed by atoms with Gasteiger partial charge in [-0.25, -0.2) is 0 Å². The molecule has 13 heavy (non-hydrogen) atoms. The van der Waals surface area contributed by atoms with E-state index in [1.807, 2.05) is 19.9 Å². The molecule has 0 aliphatic heterocycles. The first-order valence-electron chi connectivity index (χ1n) is 3.90. The molecule has 0 atom stereocenters. The zero-order chi connectivity index (χ0) is 9.59. The molecule has 0 unspecified atom stereocenters. The summed E-state index contributed by atoms with van der Waals surface area (Å²) in [5.41, 5.74) is 2.97. The average molecular weight is 260 g/mol. The maximum absolute atomic E-state index is 6.19. The largest absolute Gasteiger partial charge is 0.282 e. The van der Waals surface area contributed by atoms with Gasteiger partial charge in [0, 0.05) is 15.6 Å². The van der Waals surface area contributed by atoms with Crippen LogP contribution in [0.25, 0.3) is 10.9 Å². The van der Waals surface area contributed by atoms with E-state index in [0.29, 0.717) is 0 Å². The van der Waals surface area contributed by atoms with Crippen molar-refractivity contribution >= 4 is 38.4 Å². The molecule has 1 heterocycles. The maximum atomic E-state index is 6.19. The molecule has 68 valence electrons. The Kier molecular flexibility index (Phi) is 2.08. The molecule has 0 aliphatic carbocycles. The lowest BCUT2D eigenvalue weighted by Crippen LogP contribution is -1.80. The van der Waals surface area contributed by atoms with E-state index in [4.69, 9.17) is 11.6 Å². The quantitative estimate of drug-likeness (QED) is 0.769. The Morgan fingerprint density at radius 2 is 2.15 bits per heavy atom. The second kappa shape index (κ2) is 3.00. The zero-order valence-electron chi connectivity index (χ0n) is 7.28. The second-order valence-corrected chi connectivity index (χ2v) is 4.27. The van der Waals surface area contributed by atoms with Gasteiger partial charge < -0.3 is 0 Å². The van der Waals surface area contributed by atoms with Crippen LogP contribution in [0.2, 0.25) is 5.02 Å². The first kappa shape index (κ1) is 9.03. The summed E-state index contributed by atoms with van der Waals surface area (Å²) in [5.74, 6) is 0. The Bertz CT molecular complexity index is 476. The van der Waals surface area contributed by atoms with Gasteiger partial charge >= 0.3 is 0 Å². The van der Waals surface area contributed by atoms with Gasteiger partial charge in [-0.15, -0.1) is 0 Å². The third-order valence-corrected chi connectivity index (χ3v) is 3.44. The van der Waals surface area contributed by atoms with E-state index in [2.05, 4.69) is 26.1 Å². The summed E-state index contributed by atoms with van der Waals surface area (Å²) in [6.07, 6.45) is 0. The van der Waals surface area contributed by atoms with Crippen molar-refractivity contribution in [1.29, 1.82) is 0 Å². The van der Waals surface area contributed by atoms with Crippen LogP contribution in [0.5, 0.6) is 0 Å². The number of H-pyrrole nitrogens is 1. The van der Waals surface area contributed by atoms with Crippen molar-refractivity contribution in [1.82, 2.24) is 10.2 Å². The molecule has 0 radical (unpaired) electrons. The third-order valence-electron chi connectivity index (χ3n) is 2.15. The fourth-order valence-electron chi connectivity index (χ4n) is 1.35. The second-order valence-electron chi connectivity index (χ2n) is 3.04. The lowest BCUT2D eigenvalue weighted by Gasteiger charge is -2.02. The Hall–Kier alpha value is -0.540. The van der Waals surface area contributed by atoms with Crippen molar-refractivity contribution in [2.24, 2.45) is 0 Å². The fourth-order valence-corrected chi connectivity index (χ4v) is 2.22. The standard InChI is InChI=1S/C9H8BrClN2/c1-4-6(10)3-7-8(9(4)11)5(2)12-13-7/h3H,1-2H3,(H,12,13). The SMILES string of the molecule is Cc1c(Br)cc2n[nH]c(C)c2c1Cl. The average Bonchev–Trinajstić information content (AvgIpc) is 2.43. The van der Waals surface area contributed by atoms with Crippen LogP contribution in [-0.2, 0) is 0 Å². The number of nitrogens with one attached hydrogen (secondary N) is 1. The van der Waals surface area contributed by atoms with E-state index in [0.717, 1.165) is 31.7 Å². The molecule has 0 saturated heterocycles. The summed E-state index contributed by atoms with van der Waals surface area (Å²) in [5, 5.41) is 8.85. The molecule has 1 aromatic carbocycles. The zero-order valence-corrected chi connectivity index (χ0v) is 9.62. The number of aryl methyl sites for hydroxylation is 1. The van der Waals surface area contributed by atoms with Crippen molar-refractivity contribution in [2.45, 2.75) is 13.8 Å². The highest BCUT2D eigenvalue weighted by Gasteiger charge is 2.10. The number of halogens is 2. The monoisotopic (exact) mass is 258 g/mol. The van der Waals surface area contributed by atoms with Gasteiger partial charge in [-0.1, -0.05) is 27.5 Å². The fraction of sp³-hybridized carbons (Fsp3) is 0.222. The molecule has 0 spiro atoms. The number of hydrogen-bond acceptors (Lipinski definition) is 1. The van der Waals surface area contributed by atoms with Crippen molar-refractivity contribution < 1.29 is 0 Å². The first-order valence-corrected chi connectivity index (χ1v) is 5.07. The van der Waals surface area contributed by atoms with E-state index >= 15 is 0 Å². The van der Waals surface area contributed by atoms with Gasteiger partial charge in [0.15, 0.2) is 0 Å². The number of rotatable bonds is 0. The van der Waals surface area contributed by atoms with Crippen LogP contribution in [-0.4, -0.2) is 10.2 Å². The highest BCUT2D eigenvalue weighted by molar-refractivity contribution is 9.10. The Morgan fingerprint density at radius 1 is 1.46 bits per heavy atom. The van der Waals surface area contributed by atoms with Gasteiger partial charge in [-0.05, 0) is 25.5 Å². The number of hydrogen-bond donors (Lipinski definition) is 1. The van der Waals surface area contributed by atoms with E-state index < -0.39 is 0 Å². The molecule has 0 saturated carbocycles. The number of fused-ring (bicyclic) bond motifs is 1. The van der Waals surface area contributed by atoms with E-state index in [1.165, 1.54) is 0 Å². The maximum Gasteiger partial charge on any atom is 0.0950 e. The van der Waals surface area contributed by atoms with E-state index in [1.54, 1.807) is 0 Å². The number of nitrogens with zero attached hydrogens (tertiary/aromatic N) is 1. The van der Waals surface area contributed by atoms with Crippen LogP contribution in [0, 0.1) is 13.8 Å². The molecule has 1 N–H and O–H groups in total. The lowest BCUT2D eigenvalue weighted by molar-refractivity contribution is 1.07. The summed E-state index contributed by atoms with van der Waals surface area (Å²) < 4.78 is 0.997. The van der Waals surface area contributed by atoms with Gasteiger partial charge in [0.2, 0.25) is 0 Å². The summed E-state index contributed by atoms with van der Waals surface area (Å²) >= 11 is 9.63. The van der Waals surface area contributed by atoms with E-state index in [9.17, 15) is 0 Å². The summed E-state index contributed by atoms with van der Waals surface area (Å²) in [6, 6.07) is 1.97. The van der Waals surface area contributed by atoms with E-state index in [-0.39, 0.29) is 0 Å². The molecule has 2 rings (SSSR count). The summed E-state index contributed by atoms with van der Waals surface area (Å²) in [6.45, 7) is 3.95. The minimum Gasteiger partial charge on any atom is -0.282 e. The molecule has 0 aliphatic rings. The predicted octanol–water partition coefficient (Wildman–Crippen LogP) is 3.60. The van der Waals surface area contributed by atoms with Crippen molar-refractivity contribution in [3.05, 3.63) is 26.8 Å². The molecule has 0 bridgehead atoms. The van der Waals surface area contributed by atoms with Gasteiger partial charge in [0.25, 0.3) is 0 Å². The molecule has 2 nitrogen and oxygen atoms in total. The predicted molar refractivity (Wildman–Crippen MR) is 58.3 cm³/mol. The minimum atomic E-state index is 0.774. The number of aromatic amines is 1. The van der Waals surface area contributed by atoms with Crippen LogP contribution in [0.3, 0.4) is 0 Å². The Morgan fingerprint density at radius 3 is 2.85 bits per heavy atom. The molecular weight excluding hydrogens is 251 g/mol. The molecule has 4 heteroatoms. The third kappa shape index (κ3) is 1.27. The first-order chi connectivity index (χ1) is 6.11. The minimum absolute atomic E-state index is 0.774. The van der Waals surface area contributed by atoms with Crippen LogP contribution >= 0.6 is 27.5 Å². The van der Waals surface area contributed by atoms with Crippen molar-refractivity contribution in [2.75, 3.05) is 0 Å². The molecule has 0 amide bonds. The molecular formula is C9H8BrClN2. The lowest BCUT2D eigenvalue weighted by atomic mass is 10.1. The Labute approximate surface area is 89.4 Å². The van der Waals surface area contributed by atoms with Gasteiger partial charge in [-0.3, -0.25) is 5.10 Å².